The molecule has 474 valence electrons. The lowest BCUT2D eigenvalue weighted by Gasteiger charge is -2.31. The quantitative estimate of drug-likeness (QED) is 0.0266. The van der Waals surface area contributed by atoms with Crippen LogP contribution in [0, 0.1) is 0 Å². The number of benzene rings is 6. The lowest BCUT2D eigenvalue weighted by molar-refractivity contribution is -0.146. The van der Waals surface area contributed by atoms with E-state index in [1.54, 1.807) is 51.1 Å². The topological polar surface area (TPSA) is 402 Å². The van der Waals surface area contributed by atoms with Crippen molar-refractivity contribution in [3.8, 4) is 57.1 Å². The fraction of sp³-hybridized carbons (Fsp3) is 0.290. The number of nitrogens with one attached hydrogen (secondary N) is 6. The summed E-state index contributed by atoms with van der Waals surface area (Å²) in [5.74, 6) is -11.4. The predicted molar refractivity (Wildman–Crippen MR) is 321 cm³/mol. The van der Waals surface area contributed by atoms with Crippen LogP contribution in [0.25, 0.3) is 11.1 Å². The Morgan fingerprint density at radius 3 is 2.16 bits per heavy atom. The van der Waals surface area contributed by atoms with Gasteiger partial charge in [0.05, 0.1) is 23.2 Å². The molecule has 3 aliphatic heterocycles. The van der Waals surface area contributed by atoms with E-state index in [4.69, 9.17) is 52.6 Å². The third-order valence-corrected chi connectivity index (χ3v) is 14.7. The van der Waals surface area contributed by atoms with Gasteiger partial charge >= 0.3 is 24.1 Å². The molecule has 0 unspecified atom stereocenters. The summed E-state index contributed by atoms with van der Waals surface area (Å²) in [6.07, 6.45) is -3.49. The highest BCUT2D eigenvalue weighted by molar-refractivity contribution is 6.32. The number of hydrogen-bond acceptors (Lipinski definition) is 19. The molecule has 0 aliphatic carbocycles. The van der Waals surface area contributed by atoms with Crippen molar-refractivity contribution < 1.29 is 92.7 Å². The van der Waals surface area contributed by atoms with Gasteiger partial charge in [0.15, 0.2) is 17.5 Å². The van der Waals surface area contributed by atoms with Crippen LogP contribution >= 0.6 is 23.2 Å². The molecule has 6 aromatic carbocycles. The SMILES string of the molecule is COC(=O)[C@H]1NC(=O)[C@H]2NC(=O)[C@H](NC(=O)[C@H](NC(=O)[C@@H](N)CCCCNC(=O)OC(C)(C)C)c3cc(Oc4ccc(C[C@@H](NC(=O)OCc5ccccc5)C(=O)O)cc4Cl)c(O)c(c3)Oc3ccc(cc3Cl)[C@H]2O)c2ccc(O)c(c2)-c2c(O)cc(O)cc21. The van der Waals surface area contributed by atoms with Crippen molar-refractivity contribution in [2.75, 3.05) is 13.7 Å². The normalized spacial score (nSPS) is 17.8. The zero-order valence-corrected chi connectivity index (χ0v) is 50.0. The lowest BCUT2D eigenvalue weighted by atomic mass is 9.89. The third kappa shape index (κ3) is 16.2. The first-order valence-electron chi connectivity index (χ1n) is 27.8. The minimum Gasteiger partial charge on any atom is -0.508 e. The van der Waals surface area contributed by atoms with Gasteiger partial charge in [0.25, 0.3) is 0 Å². The van der Waals surface area contributed by atoms with Crippen molar-refractivity contribution in [3.05, 3.63) is 153 Å². The van der Waals surface area contributed by atoms with Gasteiger partial charge in [-0.15, -0.1) is 0 Å². The number of carboxylic acids is 1. The molecule has 0 aromatic heterocycles. The second-order valence-electron chi connectivity index (χ2n) is 21.8. The fourth-order valence-electron chi connectivity index (χ4n) is 9.66. The van der Waals surface area contributed by atoms with Crippen LogP contribution in [-0.4, -0.2) is 116 Å². The summed E-state index contributed by atoms with van der Waals surface area (Å²) in [5, 5.41) is 82.5. The number of aliphatic carboxylic acids is 1. The smallest absolute Gasteiger partial charge is 0.408 e. The van der Waals surface area contributed by atoms with Crippen LogP contribution in [-0.2, 0) is 56.0 Å². The summed E-state index contributed by atoms with van der Waals surface area (Å²) in [4.78, 5) is 111. The molecule has 0 saturated heterocycles. The largest absolute Gasteiger partial charge is 0.508 e. The number of aromatic hydroxyl groups is 4. The monoisotopic (exact) mass is 1280 g/mol. The summed E-state index contributed by atoms with van der Waals surface area (Å²) in [6.45, 7) is 5.09. The Balaban J connectivity index is 1.22. The van der Waals surface area contributed by atoms with Gasteiger partial charge in [0.1, 0.15) is 71.2 Å². The summed E-state index contributed by atoms with van der Waals surface area (Å²) in [5.41, 5.74) is 5.01. The number of ether oxygens (including phenoxy) is 5. The van der Waals surface area contributed by atoms with E-state index in [0.29, 0.717) is 12.0 Å². The second-order valence-corrected chi connectivity index (χ2v) is 22.7. The maximum atomic E-state index is 15.4. The van der Waals surface area contributed by atoms with Gasteiger partial charge in [0, 0.05) is 35.7 Å². The zero-order chi connectivity index (χ0) is 65.3. The minimum absolute atomic E-state index is 0.0187. The second kappa shape index (κ2) is 28.4. The first-order chi connectivity index (χ1) is 42.7. The number of rotatable bonds is 16. The first kappa shape index (κ1) is 65.9. The number of carbonyl (C=O) groups is 8. The van der Waals surface area contributed by atoms with Crippen molar-refractivity contribution in [1.29, 1.82) is 0 Å². The standard InChI is InChI=1S/C62H63Cl2N7O19/c1-62(2,3)90-60(84)66-19-9-8-12-39(65)54(77)68-49-33-24-45(88-43-17-13-30(20-37(43)63)21-40(58(81)82)67-61(85)87-28-29-10-6-5-7-11-29)53(76)46(25-33)89-44-18-15-32(23-38(44)64)52(75)51-57(80)70-50(59(83)86-4)36-26-34(72)27-42(74)47(36)35-22-31(14-16-41(35)73)48(55(78)71-51)69-56(49)79/h5-7,10-11,13-18,20,22-27,39-40,48-52,72-76H,8-9,12,19,21,28,65H2,1-4H3,(H,66,84)(H,67,85)(H,68,77)(H,69,79)(H,70,80)(H,71,78)(H,81,82)/t39-,40+,48+,49+,50-,51-,52+/m0/s1. The van der Waals surface area contributed by atoms with Gasteiger partial charge in [-0.3, -0.25) is 19.2 Å². The lowest BCUT2D eigenvalue weighted by Crippen LogP contribution is -2.55. The van der Waals surface area contributed by atoms with E-state index >= 15 is 9.59 Å². The highest BCUT2D eigenvalue weighted by atomic mass is 35.5. The number of aliphatic hydroxyl groups excluding tert-OH is 1. The van der Waals surface area contributed by atoms with Crippen molar-refractivity contribution >= 4 is 71.0 Å². The Hall–Kier alpha value is -10.0. The first-order valence-corrected chi connectivity index (χ1v) is 28.5. The van der Waals surface area contributed by atoms with Crippen molar-refractivity contribution in [2.24, 2.45) is 5.73 Å². The molecule has 7 atom stereocenters. The molecule has 14 N–H and O–H groups in total. The van der Waals surface area contributed by atoms with Gasteiger partial charge in [0.2, 0.25) is 29.4 Å². The molecule has 0 radical (unpaired) electrons. The predicted octanol–water partition coefficient (Wildman–Crippen LogP) is 6.90. The fourth-order valence-corrected chi connectivity index (χ4v) is 10.1. The molecule has 0 fully saturated rings. The third-order valence-electron chi connectivity index (χ3n) is 14.1. The van der Waals surface area contributed by atoms with Crippen molar-refractivity contribution in [2.45, 2.75) is 101 Å². The Kier molecular flexibility index (Phi) is 20.8. The minimum atomic E-state index is -2.10. The van der Waals surface area contributed by atoms with Gasteiger partial charge in [-0.25, -0.2) is 19.2 Å². The Bertz CT molecular complexity index is 3750. The number of esters is 1. The van der Waals surface area contributed by atoms with Crippen LogP contribution in [0.2, 0.25) is 10.0 Å². The van der Waals surface area contributed by atoms with Crippen LogP contribution in [0.5, 0.6) is 46.0 Å². The number of aliphatic hydroxyl groups is 1. The molecule has 90 heavy (non-hydrogen) atoms. The van der Waals surface area contributed by atoms with Crippen LogP contribution in [0.15, 0.2) is 109 Å². The Morgan fingerprint density at radius 2 is 1.47 bits per heavy atom. The molecular weight excluding hydrogens is 1220 g/mol. The highest BCUT2D eigenvalue weighted by Crippen LogP contribution is 2.47. The van der Waals surface area contributed by atoms with E-state index in [1.165, 1.54) is 36.4 Å². The number of carbonyl (C=O) groups excluding carboxylic acids is 7. The van der Waals surface area contributed by atoms with E-state index in [0.717, 1.165) is 49.6 Å². The molecule has 0 saturated carbocycles. The summed E-state index contributed by atoms with van der Waals surface area (Å²) in [7, 11) is 0.974. The van der Waals surface area contributed by atoms with Crippen LogP contribution < -0.4 is 47.1 Å². The number of carboxylic acid groups (broad SMARTS) is 1. The van der Waals surface area contributed by atoms with E-state index in [1.807, 2.05) is 0 Å². The Morgan fingerprint density at radius 1 is 0.733 bits per heavy atom. The van der Waals surface area contributed by atoms with Gasteiger partial charge in [-0.05, 0) is 122 Å². The number of phenols is 4. The number of methoxy groups -OCH3 is 1. The van der Waals surface area contributed by atoms with Gasteiger partial charge in [-0.2, -0.15) is 0 Å². The molecule has 26 nitrogen and oxygen atoms in total. The van der Waals surface area contributed by atoms with Crippen molar-refractivity contribution in [1.82, 2.24) is 31.9 Å². The van der Waals surface area contributed by atoms with Crippen LogP contribution in [0.1, 0.15) is 97.6 Å². The number of unbranched alkanes of at least 4 members (excludes halogenated alkanes) is 1. The van der Waals surface area contributed by atoms with Crippen LogP contribution in [0.4, 0.5) is 9.59 Å². The summed E-state index contributed by atoms with van der Waals surface area (Å²) >= 11 is 13.6. The molecule has 0 spiro atoms. The number of hydrogen-bond donors (Lipinski definition) is 13. The number of amides is 6. The molecule has 28 heteroatoms. The van der Waals surface area contributed by atoms with Gasteiger partial charge in [-0.1, -0.05) is 71.7 Å². The summed E-state index contributed by atoms with van der Waals surface area (Å²) in [6, 6.07) is 12.9. The van der Waals surface area contributed by atoms with E-state index in [9.17, 15) is 59.4 Å². The number of halogens is 2. The van der Waals surface area contributed by atoms with Crippen molar-refractivity contribution in [3.63, 3.8) is 0 Å². The van der Waals surface area contributed by atoms with E-state index in [2.05, 4.69) is 31.9 Å². The molecule has 8 bridgehead atoms. The molecule has 6 amide bonds. The molecule has 9 rings (SSSR count). The average molecular weight is 1280 g/mol. The maximum absolute atomic E-state index is 15.4. The number of fused-ring (bicyclic) bond motifs is 8. The Labute approximate surface area is 523 Å². The summed E-state index contributed by atoms with van der Waals surface area (Å²) < 4.78 is 27.9. The van der Waals surface area contributed by atoms with E-state index < -0.39 is 130 Å². The average Bonchev–Trinajstić information content (AvgIpc) is 0.844. The molecule has 3 aliphatic rings. The number of phenolic OH excluding ortho intramolecular Hbond substituents is 4. The maximum Gasteiger partial charge on any atom is 0.408 e. The van der Waals surface area contributed by atoms with Crippen LogP contribution in [0.3, 0.4) is 0 Å². The zero-order valence-electron chi connectivity index (χ0n) is 48.5. The number of nitrogens with two attached hydrogens (primary N) is 1. The number of alkyl carbamates (subject to hydrolysis) is 2. The van der Waals surface area contributed by atoms with E-state index in [-0.39, 0.29) is 92.9 Å². The molecule has 3 heterocycles. The highest BCUT2D eigenvalue weighted by Gasteiger charge is 2.40. The van der Waals surface area contributed by atoms with Gasteiger partial charge < -0.3 is 92.0 Å². The molecule has 6 aromatic rings. The molecular formula is C62H63Cl2N7O19.